The summed E-state index contributed by atoms with van der Waals surface area (Å²) in [6, 6.07) is 10.0. The Morgan fingerprint density at radius 1 is 1.03 bits per heavy atom. The quantitative estimate of drug-likeness (QED) is 0.388. The maximum atomic E-state index is 12.8. The third-order valence-corrected chi connectivity index (χ3v) is 8.00. The molecule has 1 aliphatic rings. The van der Waals surface area contributed by atoms with Crippen molar-refractivity contribution in [2.24, 2.45) is 0 Å². The maximum absolute atomic E-state index is 12.8. The molecule has 2 heterocycles. The monoisotopic (exact) mass is 484 g/mol. The van der Waals surface area contributed by atoms with E-state index in [1.807, 2.05) is 6.08 Å². The summed E-state index contributed by atoms with van der Waals surface area (Å²) in [7, 11) is -3.33. The van der Waals surface area contributed by atoms with Gasteiger partial charge in [-0.15, -0.1) is 0 Å². The summed E-state index contributed by atoms with van der Waals surface area (Å²) in [4.78, 5) is 8.95. The van der Waals surface area contributed by atoms with Gasteiger partial charge in [0.1, 0.15) is 0 Å². The van der Waals surface area contributed by atoms with E-state index < -0.39 is 9.84 Å². The first-order valence-corrected chi connectivity index (χ1v) is 12.4. The molecule has 172 valence electrons. The summed E-state index contributed by atoms with van der Waals surface area (Å²) in [6.07, 6.45) is 8.19. The Morgan fingerprint density at radius 3 is 2.36 bits per heavy atom. The van der Waals surface area contributed by atoms with Gasteiger partial charge >= 0.3 is 0 Å². The summed E-state index contributed by atoms with van der Waals surface area (Å²) >= 11 is 6.04. The van der Waals surface area contributed by atoms with E-state index in [0.717, 1.165) is 18.7 Å². The van der Waals surface area contributed by atoms with Crippen LogP contribution in [0.1, 0.15) is 24.0 Å². The number of benzene rings is 2. The summed E-state index contributed by atoms with van der Waals surface area (Å²) < 4.78 is 25.6. The van der Waals surface area contributed by atoms with E-state index in [4.69, 9.17) is 23.1 Å². The van der Waals surface area contributed by atoms with Crippen LogP contribution in [0.15, 0.2) is 53.7 Å². The van der Waals surface area contributed by atoms with Gasteiger partial charge in [-0.1, -0.05) is 23.8 Å². The average molecular weight is 485 g/mol. The van der Waals surface area contributed by atoms with Gasteiger partial charge in [-0.25, -0.2) is 18.4 Å². The van der Waals surface area contributed by atoms with E-state index >= 15 is 0 Å². The van der Waals surface area contributed by atoms with Crippen molar-refractivity contribution < 1.29 is 8.42 Å². The molecule has 4 rings (SSSR count). The first kappa shape index (κ1) is 23.0. The lowest BCUT2D eigenvalue weighted by molar-refractivity contribution is 0.496. The molecule has 10 heteroatoms. The van der Waals surface area contributed by atoms with Gasteiger partial charge in [0.25, 0.3) is 0 Å². The van der Waals surface area contributed by atoms with Crippen molar-refractivity contribution in [3.8, 4) is 0 Å². The third kappa shape index (κ3) is 5.44. The molecular weight excluding hydrogens is 460 g/mol. The standard InChI is InChI=1S/C23H25ClN6O2S/c24-17-11-16(22(26)21(25)12-17)2-1-15-13-28-23(29-14-15)30-18-3-5-19(6-4-18)33(31,32)20-7-9-27-10-8-20/h1-6,11-14,20,27H,7-10,25-26H2,(H,28,29,30)/b2-1+. The molecule has 8 nitrogen and oxygen atoms in total. The van der Waals surface area contributed by atoms with Crippen molar-refractivity contribution in [1.82, 2.24) is 15.3 Å². The lowest BCUT2D eigenvalue weighted by Crippen LogP contribution is -2.35. The molecule has 0 atom stereocenters. The second-order valence-corrected chi connectivity index (χ2v) is 10.5. The topological polar surface area (TPSA) is 136 Å². The second kappa shape index (κ2) is 9.78. The molecule has 1 saturated heterocycles. The summed E-state index contributed by atoms with van der Waals surface area (Å²) in [5.41, 5.74) is 14.9. The van der Waals surface area contributed by atoms with Crippen LogP contribution in [0.4, 0.5) is 23.0 Å². The van der Waals surface area contributed by atoms with Gasteiger partial charge in [-0.05, 0) is 62.3 Å². The number of nitrogens with one attached hydrogen (secondary N) is 2. The number of nitrogens with zero attached hydrogens (tertiary/aromatic N) is 2. The number of rotatable bonds is 6. The number of nitrogens with two attached hydrogens (primary N) is 2. The third-order valence-electron chi connectivity index (χ3n) is 5.50. The number of aromatic nitrogens is 2. The van der Waals surface area contributed by atoms with Crippen molar-refractivity contribution in [1.29, 1.82) is 0 Å². The fourth-order valence-electron chi connectivity index (χ4n) is 3.63. The Morgan fingerprint density at radius 2 is 1.70 bits per heavy atom. The molecular formula is C23H25ClN6O2S. The number of sulfone groups is 1. The Balaban J connectivity index is 1.42. The molecule has 0 radical (unpaired) electrons. The molecule has 0 unspecified atom stereocenters. The molecule has 0 spiro atoms. The van der Waals surface area contributed by atoms with Crippen LogP contribution in [0.3, 0.4) is 0 Å². The van der Waals surface area contributed by atoms with Gasteiger partial charge in [0.05, 0.1) is 21.5 Å². The Hall–Kier alpha value is -3.14. The van der Waals surface area contributed by atoms with E-state index in [0.29, 0.717) is 51.3 Å². The van der Waals surface area contributed by atoms with E-state index in [2.05, 4.69) is 20.6 Å². The lowest BCUT2D eigenvalue weighted by Gasteiger charge is -2.22. The molecule has 6 N–H and O–H groups in total. The van der Waals surface area contributed by atoms with Crippen molar-refractivity contribution >= 4 is 56.6 Å². The number of hydrogen-bond acceptors (Lipinski definition) is 8. The zero-order chi connectivity index (χ0) is 23.4. The molecule has 3 aromatic rings. The van der Waals surface area contributed by atoms with Crippen molar-refractivity contribution in [3.63, 3.8) is 0 Å². The highest BCUT2D eigenvalue weighted by Crippen LogP contribution is 2.27. The minimum Gasteiger partial charge on any atom is -0.397 e. The minimum atomic E-state index is -3.33. The van der Waals surface area contributed by atoms with Crippen LogP contribution in [0.2, 0.25) is 5.02 Å². The predicted molar refractivity (Wildman–Crippen MR) is 134 cm³/mol. The molecule has 1 fully saturated rings. The summed E-state index contributed by atoms with van der Waals surface area (Å²) in [6.45, 7) is 1.46. The molecule has 0 saturated carbocycles. The summed E-state index contributed by atoms with van der Waals surface area (Å²) in [5.74, 6) is 0.396. The normalized spacial score (nSPS) is 15.1. The van der Waals surface area contributed by atoms with E-state index in [1.165, 1.54) is 0 Å². The van der Waals surface area contributed by atoms with Crippen molar-refractivity contribution in [3.05, 3.63) is 64.9 Å². The van der Waals surface area contributed by atoms with Gasteiger partial charge < -0.3 is 22.1 Å². The van der Waals surface area contributed by atoms with Crippen LogP contribution in [0, 0.1) is 0 Å². The molecule has 2 aromatic carbocycles. The largest absolute Gasteiger partial charge is 0.397 e. The SMILES string of the molecule is Nc1cc(Cl)cc(/C=C/c2cnc(Nc3ccc(S(=O)(=O)C4CCNCC4)cc3)nc2)c1N. The smallest absolute Gasteiger partial charge is 0.227 e. The highest BCUT2D eigenvalue weighted by Gasteiger charge is 2.28. The van der Waals surface area contributed by atoms with Crippen LogP contribution >= 0.6 is 11.6 Å². The maximum Gasteiger partial charge on any atom is 0.227 e. The second-order valence-electron chi connectivity index (χ2n) is 7.82. The minimum absolute atomic E-state index is 0.333. The number of piperidine rings is 1. The van der Waals surface area contributed by atoms with Gasteiger partial charge in [0.2, 0.25) is 5.95 Å². The predicted octanol–water partition coefficient (Wildman–Crippen LogP) is 3.73. The first-order chi connectivity index (χ1) is 15.8. The number of halogens is 1. The number of hydrogen-bond donors (Lipinski definition) is 4. The van der Waals surface area contributed by atoms with Crippen LogP contribution < -0.4 is 22.1 Å². The molecule has 0 amide bonds. The first-order valence-electron chi connectivity index (χ1n) is 10.5. The fourth-order valence-corrected chi connectivity index (χ4v) is 5.62. The van der Waals surface area contributed by atoms with Crippen LogP contribution in [-0.4, -0.2) is 36.7 Å². The zero-order valence-electron chi connectivity index (χ0n) is 17.8. The molecule has 33 heavy (non-hydrogen) atoms. The number of anilines is 4. The van der Waals surface area contributed by atoms with Crippen molar-refractivity contribution in [2.45, 2.75) is 23.0 Å². The summed E-state index contributed by atoms with van der Waals surface area (Å²) in [5, 5.41) is 6.45. The fraction of sp³-hybridized carbons (Fsp3) is 0.217. The van der Waals surface area contributed by atoms with Crippen LogP contribution in [0.25, 0.3) is 12.2 Å². The average Bonchev–Trinajstić information content (AvgIpc) is 2.82. The van der Waals surface area contributed by atoms with Gasteiger partial charge in [-0.2, -0.15) is 0 Å². The van der Waals surface area contributed by atoms with E-state index in [-0.39, 0.29) is 5.25 Å². The van der Waals surface area contributed by atoms with Gasteiger partial charge in [0.15, 0.2) is 9.84 Å². The van der Waals surface area contributed by atoms with Crippen molar-refractivity contribution in [2.75, 3.05) is 29.9 Å². The molecule has 0 aliphatic carbocycles. The molecule has 1 aliphatic heterocycles. The van der Waals surface area contributed by atoms with Gasteiger partial charge in [0, 0.05) is 34.2 Å². The van der Waals surface area contributed by atoms with E-state index in [9.17, 15) is 8.42 Å². The Kier molecular flexibility index (Phi) is 6.83. The number of nitrogen functional groups attached to an aromatic ring is 2. The Bertz CT molecular complexity index is 1260. The molecule has 1 aromatic heterocycles. The highest BCUT2D eigenvalue weighted by atomic mass is 35.5. The molecule has 0 bridgehead atoms. The Labute approximate surface area is 198 Å². The van der Waals surface area contributed by atoms with E-state index in [1.54, 1.807) is 54.9 Å². The van der Waals surface area contributed by atoms with Crippen LogP contribution in [0.5, 0.6) is 0 Å². The highest BCUT2D eigenvalue weighted by molar-refractivity contribution is 7.92. The van der Waals surface area contributed by atoms with Crippen LogP contribution in [-0.2, 0) is 9.84 Å². The van der Waals surface area contributed by atoms with Gasteiger partial charge in [-0.3, -0.25) is 0 Å². The lowest BCUT2D eigenvalue weighted by atomic mass is 10.1. The zero-order valence-corrected chi connectivity index (χ0v) is 19.4.